The molecule has 0 bridgehead atoms. The van der Waals surface area contributed by atoms with Gasteiger partial charge in [-0.25, -0.2) is 4.79 Å². The molecule has 1 fully saturated rings. The van der Waals surface area contributed by atoms with Crippen molar-refractivity contribution in [2.24, 2.45) is 5.92 Å². The smallest absolute Gasteiger partial charge is 0.338 e. The standard InChI is InChI=1S/C31H32N2O6/c1-5-38-31(37)23-8-6-21(7-9-23)17-33-27(22-12-14-32-15-13-22)26(29(35)30(33)36)28(34)24-10-11-25(20(4)16-24)39-18-19(2)3/h6-16,19,27,34H,5,17-18H2,1-4H3/b28-26-. The lowest BCUT2D eigenvalue weighted by Crippen LogP contribution is -2.29. The molecule has 0 spiro atoms. The van der Waals surface area contributed by atoms with E-state index in [0.717, 1.165) is 5.56 Å². The van der Waals surface area contributed by atoms with Crippen LogP contribution in [-0.2, 0) is 20.9 Å². The van der Waals surface area contributed by atoms with Crippen molar-refractivity contribution in [3.63, 3.8) is 0 Å². The van der Waals surface area contributed by atoms with Crippen LogP contribution in [-0.4, -0.2) is 45.9 Å². The van der Waals surface area contributed by atoms with Gasteiger partial charge in [-0.3, -0.25) is 14.6 Å². The molecule has 1 aliphatic rings. The van der Waals surface area contributed by atoms with Crippen LogP contribution in [0.25, 0.3) is 5.76 Å². The highest BCUT2D eigenvalue weighted by atomic mass is 16.5. The molecule has 202 valence electrons. The maximum Gasteiger partial charge on any atom is 0.338 e. The Labute approximate surface area is 227 Å². The largest absolute Gasteiger partial charge is 0.507 e. The van der Waals surface area contributed by atoms with Crippen molar-refractivity contribution in [2.75, 3.05) is 13.2 Å². The Kier molecular flexibility index (Phi) is 8.44. The van der Waals surface area contributed by atoms with E-state index >= 15 is 0 Å². The summed E-state index contributed by atoms with van der Waals surface area (Å²) in [6.07, 6.45) is 3.16. The van der Waals surface area contributed by atoms with Crippen LogP contribution in [0.3, 0.4) is 0 Å². The SMILES string of the molecule is CCOC(=O)c1ccc(CN2C(=O)C(=O)/C(=C(\O)c3ccc(OCC(C)C)c(C)c3)C2c2ccncc2)cc1. The predicted molar refractivity (Wildman–Crippen MR) is 146 cm³/mol. The highest BCUT2D eigenvalue weighted by molar-refractivity contribution is 6.46. The number of ether oxygens (including phenoxy) is 2. The average Bonchev–Trinajstić information content (AvgIpc) is 3.17. The molecule has 8 heteroatoms. The summed E-state index contributed by atoms with van der Waals surface area (Å²) in [6, 6.07) is 14.5. The van der Waals surface area contributed by atoms with Crippen molar-refractivity contribution in [3.8, 4) is 5.75 Å². The van der Waals surface area contributed by atoms with Crippen molar-refractivity contribution in [3.05, 3.63) is 100 Å². The quantitative estimate of drug-likeness (QED) is 0.176. The minimum Gasteiger partial charge on any atom is -0.507 e. The summed E-state index contributed by atoms with van der Waals surface area (Å²) in [7, 11) is 0. The Morgan fingerprint density at radius 1 is 1.03 bits per heavy atom. The van der Waals surface area contributed by atoms with Gasteiger partial charge in [0.2, 0.25) is 0 Å². The predicted octanol–water partition coefficient (Wildman–Crippen LogP) is 5.22. The lowest BCUT2D eigenvalue weighted by molar-refractivity contribution is -0.140. The van der Waals surface area contributed by atoms with Crippen LogP contribution in [0, 0.1) is 12.8 Å². The third kappa shape index (κ3) is 6.00. The van der Waals surface area contributed by atoms with Crippen molar-refractivity contribution in [1.29, 1.82) is 0 Å². The summed E-state index contributed by atoms with van der Waals surface area (Å²) >= 11 is 0. The molecule has 8 nitrogen and oxygen atoms in total. The van der Waals surface area contributed by atoms with Gasteiger partial charge in [0, 0.05) is 24.5 Å². The molecule has 1 amide bonds. The molecule has 1 N–H and O–H groups in total. The van der Waals surface area contributed by atoms with Crippen LogP contribution in [0.5, 0.6) is 5.75 Å². The highest BCUT2D eigenvalue weighted by Crippen LogP contribution is 2.40. The summed E-state index contributed by atoms with van der Waals surface area (Å²) in [5, 5.41) is 11.4. The van der Waals surface area contributed by atoms with Gasteiger partial charge in [-0.1, -0.05) is 26.0 Å². The van der Waals surface area contributed by atoms with Gasteiger partial charge in [-0.15, -0.1) is 0 Å². The number of nitrogens with zero attached hydrogens (tertiary/aromatic N) is 2. The first-order chi connectivity index (χ1) is 18.7. The second-order valence-electron chi connectivity index (χ2n) is 9.81. The van der Waals surface area contributed by atoms with Gasteiger partial charge in [-0.05, 0) is 78.9 Å². The summed E-state index contributed by atoms with van der Waals surface area (Å²) in [6.45, 7) is 8.64. The molecule has 1 unspecified atom stereocenters. The molecule has 4 rings (SSSR count). The van der Waals surface area contributed by atoms with Gasteiger partial charge in [0.1, 0.15) is 11.5 Å². The molecule has 0 saturated carbocycles. The molecular formula is C31H32N2O6. The number of aromatic nitrogens is 1. The molecule has 1 aliphatic heterocycles. The zero-order valence-electron chi connectivity index (χ0n) is 22.5. The number of ketones is 1. The fraction of sp³-hybridized carbons (Fsp3) is 0.290. The number of aliphatic hydroxyl groups is 1. The van der Waals surface area contributed by atoms with E-state index in [9.17, 15) is 19.5 Å². The topological polar surface area (TPSA) is 106 Å². The van der Waals surface area contributed by atoms with E-state index in [4.69, 9.17) is 9.47 Å². The number of Topliss-reactive ketones (excluding diaryl/α,β-unsaturated/α-hetero) is 1. The fourth-order valence-corrected chi connectivity index (χ4v) is 4.46. The van der Waals surface area contributed by atoms with Crippen LogP contribution < -0.4 is 4.74 Å². The van der Waals surface area contributed by atoms with E-state index in [2.05, 4.69) is 18.8 Å². The van der Waals surface area contributed by atoms with Crippen LogP contribution in [0.1, 0.15) is 59.4 Å². The number of rotatable bonds is 9. The number of aryl methyl sites for hydroxylation is 1. The summed E-state index contributed by atoms with van der Waals surface area (Å²) in [4.78, 5) is 44.1. The van der Waals surface area contributed by atoms with Crippen molar-refractivity contribution in [1.82, 2.24) is 9.88 Å². The number of amides is 1. The molecule has 1 saturated heterocycles. The van der Waals surface area contributed by atoms with E-state index in [1.807, 2.05) is 6.92 Å². The number of benzene rings is 2. The molecular weight excluding hydrogens is 496 g/mol. The number of pyridine rings is 1. The number of hydrogen-bond acceptors (Lipinski definition) is 7. The first-order valence-corrected chi connectivity index (χ1v) is 12.9. The average molecular weight is 529 g/mol. The van der Waals surface area contributed by atoms with E-state index in [0.29, 0.717) is 40.5 Å². The Morgan fingerprint density at radius 3 is 2.31 bits per heavy atom. The van der Waals surface area contributed by atoms with Gasteiger partial charge in [0.15, 0.2) is 0 Å². The molecule has 2 aromatic carbocycles. The molecule has 39 heavy (non-hydrogen) atoms. The lowest BCUT2D eigenvalue weighted by atomic mass is 9.95. The highest BCUT2D eigenvalue weighted by Gasteiger charge is 2.46. The van der Waals surface area contributed by atoms with E-state index < -0.39 is 23.7 Å². The van der Waals surface area contributed by atoms with Gasteiger partial charge >= 0.3 is 5.97 Å². The van der Waals surface area contributed by atoms with Crippen LogP contribution in [0.15, 0.2) is 72.6 Å². The van der Waals surface area contributed by atoms with Crippen molar-refractivity contribution in [2.45, 2.75) is 40.3 Å². The number of likely N-dealkylation sites (tertiary alicyclic amines) is 1. The van der Waals surface area contributed by atoms with Crippen LogP contribution in [0.2, 0.25) is 0 Å². The third-order valence-electron chi connectivity index (χ3n) is 6.40. The Hall–Kier alpha value is -4.46. The minimum absolute atomic E-state index is 0.00425. The minimum atomic E-state index is -0.824. The molecule has 2 heterocycles. The van der Waals surface area contributed by atoms with Crippen LogP contribution in [0.4, 0.5) is 0 Å². The van der Waals surface area contributed by atoms with E-state index in [1.165, 1.54) is 4.90 Å². The normalized spacial score (nSPS) is 16.5. The zero-order chi connectivity index (χ0) is 28.1. The maximum absolute atomic E-state index is 13.3. The second kappa shape index (κ2) is 11.9. The number of aliphatic hydroxyl groups excluding tert-OH is 1. The number of esters is 1. The number of carbonyl (C=O) groups excluding carboxylic acids is 3. The first-order valence-electron chi connectivity index (χ1n) is 12.9. The lowest BCUT2D eigenvalue weighted by Gasteiger charge is -2.25. The third-order valence-corrected chi connectivity index (χ3v) is 6.40. The second-order valence-corrected chi connectivity index (χ2v) is 9.81. The maximum atomic E-state index is 13.3. The monoisotopic (exact) mass is 528 g/mol. The first kappa shape index (κ1) is 27.6. The van der Waals surface area contributed by atoms with Gasteiger partial charge in [0.05, 0.1) is 30.4 Å². The van der Waals surface area contributed by atoms with Crippen LogP contribution >= 0.6 is 0 Å². The summed E-state index contributed by atoms with van der Waals surface area (Å²) < 4.78 is 10.9. The Morgan fingerprint density at radius 2 is 1.69 bits per heavy atom. The van der Waals surface area contributed by atoms with E-state index in [1.54, 1.807) is 73.9 Å². The van der Waals surface area contributed by atoms with Gasteiger partial charge in [-0.2, -0.15) is 0 Å². The Bertz CT molecular complexity index is 1400. The molecule has 0 radical (unpaired) electrons. The summed E-state index contributed by atoms with van der Waals surface area (Å²) in [5.41, 5.74) is 2.97. The van der Waals surface area contributed by atoms with Gasteiger partial charge < -0.3 is 19.5 Å². The zero-order valence-corrected chi connectivity index (χ0v) is 22.5. The molecule has 1 aromatic heterocycles. The molecule has 0 aliphatic carbocycles. The van der Waals surface area contributed by atoms with Crippen molar-refractivity contribution < 1.29 is 29.0 Å². The van der Waals surface area contributed by atoms with E-state index in [-0.39, 0.29) is 24.5 Å². The number of hydrogen-bond donors (Lipinski definition) is 1. The Balaban J connectivity index is 1.71. The summed E-state index contributed by atoms with van der Waals surface area (Å²) in [5.74, 6) is -1.13. The number of carbonyl (C=O) groups is 3. The van der Waals surface area contributed by atoms with Gasteiger partial charge in [0.25, 0.3) is 11.7 Å². The molecule has 1 atom stereocenters. The molecule has 3 aromatic rings. The van der Waals surface area contributed by atoms with Crippen molar-refractivity contribution >= 4 is 23.4 Å². The fourth-order valence-electron chi connectivity index (χ4n) is 4.46.